The Labute approximate surface area is 59.4 Å². The van der Waals surface area contributed by atoms with Gasteiger partial charge in [-0.1, -0.05) is 0 Å². The molecule has 2 N–H and O–H groups in total. The van der Waals surface area contributed by atoms with E-state index in [1.165, 1.54) is 0 Å². The molecule has 0 saturated carbocycles. The van der Waals surface area contributed by atoms with Crippen molar-refractivity contribution in [1.29, 1.82) is 0 Å². The van der Waals surface area contributed by atoms with Gasteiger partial charge in [-0.25, -0.2) is 0 Å². The number of carbonyl (C=O) groups is 1. The second-order valence-corrected chi connectivity index (χ2v) is 2.05. The smallest absolute Gasteiger partial charge is 0.225 e. The van der Waals surface area contributed by atoms with Gasteiger partial charge in [0.05, 0.1) is 6.42 Å². The third-order valence-electron chi connectivity index (χ3n) is 1.29. The Balaban J connectivity index is 2.48. The van der Waals surface area contributed by atoms with E-state index < -0.39 is 0 Å². The number of hydrogen-bond donors (Lipinski definition) is 2. The molecule has 0 aliphatic heterocycles. The summed E-state index contributed by atoms with van der Waals surface area (Å²) in [6.07, 6.45) is 2.24. The molecule has 1 aromatic heterocycles. The monoisotopic (exact) mass is 138 g/mol. The molecule has 54 valence electrons. The van der Waals surface area contributed by atoms with Crippen LogP contribution in [0, 0.1) is 0 Å². The summed E-state index contributed by atoms with van der Waals surface area (Å²) in [7, 11) is 1.63. The fourth-order valence-electron chi connectivity index (χ4n) is 0.739. The average Bonchev–Trinajstić information content (AvgIpc) is 2.40. The largest absolute Gasteiger partial charge is 0.365 e. The molecule has 0 bridgehead atoms. The fraction of sp³-hybridized carbons (Fsp3) is 0.286. The van der Waals surface area contributed by atoms with Crippen molar-refractivity contribution >= 4 is 5.91 Å². The molecule has 0 spiro atoms. The Morgan fingerprint density at radius 3 is 3.10 bits per heavy atom. The van der Waals surface area contributed by atoms with E-state index in [0.717, 1.165) is 5.69 Å². The van der Waals surface area contributed by atoms with Gasteiger partial charge < -0.3 is 10.3 Å². The van der Waals surface area contributed by atoms with E-state index in [-0.39, 0.29) is 5.91 Å². The number of amides is 1. The Morgan fingerprint density at radius 1 is 1.80 bits per heavy atom. The Morgan fingerprint density at radius 2 is 2.60 bits per heavy atom. The Bertz CT molecular complexity index is 203. The molecule has 3 nitrogen and oxygen atoms in total. The summed E-state index contributed by atoms with van der Waals surface area (Å²) in [4.78, 5) is 13.7. The minimum atomic E-state index is 0.0300. The van der Waals surface area contributed by atoms with Gasteiger partial charge in [0.25, 0.3) is 0 Å². The molecule has 0 radical (unpaired) electrons. The van der Waals surface area contributed by atoms with E-state index in [9.17, 15) is 4.79 Å². The van der Waals surface area contributed by atoms with Gasteiger partial charge in [-0.2, -0.15) is 0 Å². The predicted molar refractivity (Wildman–Crippen MR) is 38.6 cm³/mol. The van der Waals surface area contributed by atoms with Crippen molar-refractivity contribution < 1.29 is 4.79 Å². The van der Waals surface area contributed by atoms with Crippen molar-refractivity contribution in [2.24, 2.45) is 0 Å². The molecule has 1 rings (SSSR count). The van der Waals surface area contributed by atoms with E-state index >= 15 is 0 Å². The molecule has 0 saturated heterocycles. The number of rotatable bonds is 2. The van der Waals surface area contributed by atoms with Gasteiger partial charge in [-0.15, -0.1) is 0 Å². The number of aromatic amines is 1. The van der Waals surface area contributed by atoms with Crippen molar-refractivity contribution in [3.63, 3.8) is 0 Å². The highest BCUT2D eigenvalue weighted by molar-refractivity contribution is 5.77. The van der Waals surface area contributed by atoms with E-state index in [1.807, 2.05) is 12.1 Å². The third kappa shape index (κ3) is 1.62. The minimum absolute atomic E-state index is 0.0300. The number of hydrogen-bond acceptors (Lipinski definition) is 1. The second-order valence-electron chi connectivity index (χ2n) is 2.05. The normalized spacial score (nSPS) is 9.30. The molecule has 1 aromatic rings. The molecule has 10 heavy (non-hydrogen) atoms. The fourth-order valence-corrected chi connectivity index (χ4v) is 0.739. The molecule has 1 heterocycles. The number of carbonyl (C=O) groups excluding carboxylic acids is 1. The molecule has 0 aliphatic carbocycles. The lowest BCUT2D eigenvalue weighted by Gasteiger charge is -1.94. The van der Waals surface area contributed by atoms with Gasteiger partial charge in [0, 0.05) is 18.9 Å². The van der Waals surface area contributed by atoms with Crippen LogP contribution >= 0.6 is 0 Å². The second kappa shape index (κ2) is 3.06. The zero-order chi connectivity index (χ0) is 7.40. The average molecular weight is 138 g/mol. The molecular formula is C7H10N2O. The molecular weight excluding hydrogens is 128 g/mol. The molecule has 0 aliphatic rings. The highest BCUT2D eigenvalue weighted by atomic mass is 16.1. The van der Waals surface area contributed by atoms with Crippen LogP contribution in [0.5, 0.6) is 0 Å². The van der Waals surface area contributed by atoms with Crippen molar-refractivity contribution in [1.82, 2.24) is 10.3 Å². The van der Waals surface area contributed by atoms with E-state index in [1.54, 1.807) is 13.2 Å². The summed E-state index contributed by atoms with van der Waals surface area (Å²) in [6.45, 7) is 0. The standard InChI is InChI=1S/C7H10N2O/c1-8-7(10)5-6-3-2-4-9-6/h2-4,9H,5H2,1H3,(H,8,10). The molecule has 0 fully saturated rings. The van der Waals surface area contributed by atoms with Crippen LogP contribution < -0.4 is 5.32 Å². The van der Waals surface area contributed by atoms with Gasteiger partial charge in [-0.3, -0.25) is 4.79 Å². The van der Waals surface area contributed by atoms with Crippen molar-refractivity contribution in [3.8, 4) is 0 Å². The maximum atomic E-state index is 10.7. The summed E-state index contributed by atoms with van der Waals surface area (Å²) in [5.41, 5.74) is 0.944. The SMILES string of the molecule is CNC(=O)Cc1ccc[nH]1. The Hall–Kier alpha value is -1.25. The quantitative estimate of drug-likeness (QED) is 0.606. The molecule has 0 aromatic carbocycles. The number of aromatic nitrogens is 1. The zero-order valence-corrected chi connectivity index (χ0v) is 5.85. The first-order valence-corrected chi connectivity index (χ1v) is 3.16. The van der Waals surface area contributed by atoms with Gasteiger partial charge >= 0.3 is 0 Å². The summed E-state index contributed by atoms with van der Waals surface area (Å²) in [6, 6.07) is 3.76. The highest BCUT2D eigenvalue weighted by Crippen LogP contribution is 1.94. The topological polar surface area (TPSA) is 44.9 Å². The number of H-pyrrole nitrogens is 1. The van der Waals surface area contributed by atoms with Crippen molar-refractivity contribution in [2.45, 2.75) is 6.42 Å². The van der Waals surface area contributed by atoms with Crippen LogP contribution in [0.3, 0.4) is 0 Å². The maximum Gasteiger partial charge on any atom is 0.225 e. The van der Waals surface area contributed by atoms with E-state index in [2.05, 4.69) is 10.3 Å². The highest BCUT2D eigenvalue weighted by Gasteiger charge is 1.98. The molecule has 0 unspecified atom stereocenters. The lowest BCUT2D eigenvalue weighted by molar-refractivity contribution is -0.120. The van der Waals surface area contributed by atoms with E-state index in [0.29, 0.717) is 6.42 Å². The lowest BCUT2D eigenvalue weighted by Crippen LogP contribution is -2.19. The summed E-state index contributed by atoms with van der Waals surface area (Å²) in [5, 5.41) is 2.54. The molecule has 0 atom stereocenters. The first-order valence-electron chi connectivity index (χ1n) is 3.16. The van der Waals surface area contributed by atoms with Gasteiger partial charge in [0.2, 0.25) is 5.91 Å². The van der Waals surface area contributed by atoms with Crippen molar-refractivity contribution in [2.75, 3.05) is 7.05 Å². The molecule has 1 amide bonds. The molecule has 3 heteroatoms. The van der Waals surface area contributed by atoms with Gasteiger partial charge in [-0.05, 0) is 12.1 Å². The summed E-state index contributed by atoms with van der Waals surface area (Å²) >= 11 is 0. The summed E-state index contributed by atoms with van der Waals surface area (Å²) < 4.78 is 0. The van der Waals surface area contributed by atoms with Gasteiger partial charge in [0.1, 0.15) is 0 Å². The van der Waals surface area contributed by atoms with Crippen LogP contribution in [0.4, 0.5) is 0 Å². The third-order valence-corrected chi connectivity index (χ3v) is 1.29. The van der Waals surface area contributed by atoms with Crippen LogP contribution in [-0.4, -0.2) is 17.9 Å². The number of nitrogens with one attached hydrogen (secondary N) is 2. The zero-order valence-electron chi connectivity index (χ0n) is 5.85. The van der Waals surface area contributed by atoms with Crippen LogP contribution in [0.15, 0.2) is 18.3 Å². The lowest BCUT2D eigenvalue weighted by atomic mass is 10.3. The van der Waals surface area contributed by atoms with Gasteiger partial charge in [0.15, 0.2) is 0 Å². The first-order chi connectivity index (χ1) is 4.83. The maximum absolute atomic E-state index is 10.7. The minimum Gasteiger partial charge on any atom is -0.365 e. The van der Waals surface area contributed by atoms with Crippen LogP contribution in [0.1, 0.15) is 5.69 Å². The van der Waals surface area contributed by atoms with E-state index in [4.69, 9.17) is 0 Å². The Kier molecular flexibility index (Phi) is 2.10. The number of likely N-dealkylation sites (N-methyl/N-ethyl adjacent to an activating group) is 1. The predicted octanol–water partition coefficient (Wildman–Crippen LogP) is 0.303. The van der Waals surface area contributed by atoms with Crippen LogP contribution in [0.2, 0.25) is 0 Å². The van der Waals surface area contributed by atoms with Crippen LogP contribution in [-0.2, 0) is 11.2 Å². The first kappa shape index (κ1) is 6.86. The van der Waals surface area contributed by atoms with Crippen LogP contribution in [0.25, 0.3) is 0 Å². The summed E-state index contributed by atoms with van der Waals surface area (Å²) in [5.74, 6) is 0.0300. The van der Waals surface area contributed by atoms with Crippen molar-refractivity contribution in [3.05, 3.63) is 24.0 Å².